The second-order valence-electron chi connectivity index (χ2n) is 8.58. The molecule has 0 unspecified atom stereocenters. The molecule has 0 radical (unpaired) electrons. The Hall–Kier alpha value is -2.66. The molecule has 32 heavy (non-hydrogen) atoms. The van der Waals surface area contributed by atoms with E-state index in [0.717, 1.165) is 0 Å². The molecule has 4 atom stereocenters. The third-order valence-electron chi connectivity index (χ3n) is 5.45. The standard InChI is InChI=1S/C21H29F2N7O2/c1-11-7-29(8-12(2)31-11)20-26-19(16-6-25-17(24)5-15(16)18(22)23)27-21(28-20)30-9-13(3)32-14(4)10-30/h5-6,11-14,18H,7-10H2,1-4H3,(H2,24,25)/t11-,12+,13-,14+. The van der Waals surface area contributed by atoms with Crippen LogP contribution in [0.4, 0.5) is 26.5 Å². The van der Waals surface area contributed by atoms with Crippen LogP contribution in [0.5, 0.6) is 0 Å². The fourth-order valence-corrected chi connectivity index (χ4v) is 4.29. The van der Waals surface area contributed by atoms with E-state index >= 15 is 0 Å². The Morgan fingerprint density at radius 2 is 1.34 bits per heavy atom. The van der Waals surface area contributed by atoms with Crippen LogP contribution in [-0.2, 0) is 9.47 Å². The Morgan fingerprint density at radius 3 is 1.78 bits per heavy atom. The average Bonchev–Trinajstić information content (AvgIpc) is 2.72. The lowest BCUT2D eigenvalue weighted by Crippen LogP contribution is -2.48. The second kappa shape index (κ2) is 9.07. The molecular weight excluding hydrogens is 420 g/mol. The number of morpholine rings is 2. The molecular formula is C21H29F2N7O2. The van der Waals surface area contributed by atoms with Gasteiger partial charge in [0.15, 0.2) is 5.82 Å². The first kappa shape index (κ1) is 22.5. The van der Waals surface area contributed by atoms with E-state index in [4.69, 9.17) is 20.2 Å². The van der Waals surface area contributed by atoms with Crippen LogP contribution in [-0.4, -0.2) is 70.5 Å². The first-order valence-electron chi connectivity index (χ1n) is 10.8. The molecule has 9 nitrogen and oxygen atoms in total. The maximum atomic E-state index is 13.8. The second-order valence-corrected chi connectivity index (χ2v) is 8.58. The van der Waals surface area contributed by atoms with E-state index in [9.17, 15) is 8.78 Å². The van der Waals surface area contributed by atoms with Crippen LogP contribution in [0.25, 0.3) is 11.4 Å². The Morgan fingerprint density at radius 1 is 0.875 bits per heavy atom. The van der Waals surface area contributed by atoms with Crippen molar-refractivity contribution >= 4 is 17.7 Å². The fraction of sp³-hybridized carbons (Fsp3) is 0.619. The number of pyridine rings is 1. The number of ether oxygens (including phenoxy) is 2. The number of nitrogen functional groups attached to an aromatic ring is 1. The molecule has 0 bridgehead atoms. The van der Waals surface area contributed by atoms with Gasteiger partial charge in [0.25, 0.3) is 6.43 Å². The summed E-state index contributed by atoms with van der Waals surface area (Å²) in [5.74, 6) is 1.02. The van der Waals surface area contributed by atoms with Crippen LogP contribution >= 0.6 is 0 Å². The molecule has 2 aliphatic heterocycles. The predicted octanol–water partition coefficient (Wildman–Crippen LogP) is 2.68. The van der Waals surface area contributed by atoms with Gasteiger partial charge in [-0.25, -0.2) is 13.8 Å². The molecule has 2 fully saturated rings. The number of hydrogen-bond donors (Lipinski definition) is 1. The van der Waals surface area contributed by atoms with Crippen molar-refractivity contribution < 1.29 is 18.3 Å². The molecule has 174 valence electrons. The maximum absolute atomic E-state index is 13.8. The van der Waals surface area contributed by atoms with E-state index in [1.165, 1.54) is 12.3 Å². The van der Waals surface area contributed by atoms with Crippen molar-refractivity contribution in [2.45, 2.75) is 58.5 Å². The Labute approximate surface area is 186 Å². The van der Waals surface area contributed by atoms with Crippen molar-refractivity contribution in [1.29, 1.82) is 0 Å². The number of nitrogens with two attached hydrogens (primary N) is 1. The summed E-state index contributed by atoms with van der Waals surface area (Å²) < 4.78 is 39.3. The number of halogens is 2. The largest absolute Gasteiger partial charge is 0.384 e. The predicted molar refractivity (Wildman–Crippen MR) is 117 cm³/mol. The zero-order valence-corrected chi connectivity index (χ0v) is 18.7. The first-order valence-corrected chi connectivity index (χ1v) is 10.8. The molecule has 0 saturated carbocycles. The number of aromatic nitrogens is 4. The van der Waals surface area contributed by atoms with Gasteiger partial charge in [-0.05, 0) is 33.8 Å². The summed E-state index contributed by atoms with van der Waals surface area (Å²) in [5, 5.41) is 0. The molecule has 0 aliphatic carbocycles. The highest BCUT2D eigenvalue weighted by molar-refractivity contribution is 5.64. The van der Waals surface area contributed by atoms with Crippen LogP contribution in [0.1, 0.15) is 39.7 Å². The number of rotatable bonds is 4. The number of anilines is 3. The summed E-state index contributed by atoms with van der Waals surface area (Å²) in [6.07, 6.45) is -1.50. The zero-order chi connectivity index (χ0) is 23.0. The lowest BCUT2D eigenvalue weighted by atomic mass is 10.1. The van der Waals surface area contributed by atoms with Crippen LogP contribution in [0.3, 0.4) is 0 Å². The molecule has 0 amide bonds. The molecule has 2 N–H and O–H groups in total. The zero-order valence-electron chi connectivity index (χ0n) is 18.7. The minimum absolute atomic E-state index is 0.0133. The maximum Gasteiger partial charge on any atom is 0.264 e. The first-order chi connectivity index (χ1) is 15.2. The van der Waals surface area contributed by atoms with Crippen LogP contribution < -0.4 is 15.5 Å². The van der Waals surface area contributed by atoms with Crippen molar-refractivity contribution in [3.8, 4) is 11.4 Å². The molecule has 4 heterocycles. The van der Waals surface area contributed by atoms with Crippen molar-refractivity contribution in [2.24, 2.45) is 0 Å². The van der Waals surface area contributed by atoms with Gasteiger partial charge in [0.05, 0.1) is 24.4 Å². The van der Waals surface area contributed by atoms with Crippen molar-refractivity contribution in [3.63, 3.8) is 0 Å². The van der Waals surface area contributed by atoms with Crippen LogP contribution in [0.2, 0.25) is 0 Å². The van der Waals surface area contributed by atoms with Crippen LogP contribution in [0, 0.1) is 0 Å². The van der Waals surface area contributed by atoms with Gasteiger partial charge >= 0.3 is 0 Å². The third kappa shape index (κ3) is 4.88. The van der Waals surface area contributed by atoms with Crippen molar-refractivity contribution in [2.75, 3.05) is 41.7 Å². The molecule has 11 heteroatoms. The SMILES string of the molecule is C[C@@H]1CN(c2nc(-c3cnc(N)cc3C(F)F)nc(N3C[C@@H](C)O[C@@H](C)C3)n2)C[C@H](C)O1. The summed E-state index contributed by atoms with van der Waals surface area (Å²) in [6.45, 7) is 10.3. The number of nitrogens with zero attached hydrogens (tertiary/aromatic N) is 6. The van der Waals surface area contributed by atoms with E-state index < -0.39 is 6.43 Å². The van der Waals surface area contributed by atoms with Gasteiger partial charge in [-0.3, -0.25) is 0 Å². The summed E-state index contributed by atoms with van der Waals surface area (Å²) >= 11 is 0. The molecule has 2 aromatic rings. The minimum Gasteiger partial charge on any atom is -0.384 e. The third-order valence-corrected chi connectivity index (χ3v) is 5.45. The smallest absolute Gasteiger partial charge is 0.264 e. The Bertz CT molecular complexity index is 899. The summed E-state index contributed by atoms with van der Waals surface area (Å²) in [5.41, 5.74) is 5.54. The van der Waals surface area contributed by atoms with Gasteiger partial charge < -0.3 is 25.0 Å². The van der Waals surface area contributed by atoms with Gasteiger partial charge in [0.2, 0.25) is 11.9 Å². The molecule has 0 spiro atoms. The highest BCUT2D eigenvalue weighted by Crippen LogP contribution is 2.32. The van der Waals surface area contributed by atoms with Gasteiger partial charge in [0.1, 0.15) is 5.82 Å². The van der Waals surface area contributed by atoms with Crippen molar-refractivity contribution in [3.05, 3.63) is 17.8 Å². The van der Waals surface area contributed by atoms with Gasteiger partial charge in [-0.1, -0.05) is 0 Å². The molecule has 2 saturated heterocycles. The molecule has 2 aromatic heterocycles. The van der Waals surface area contributed by atoms with E-state index in [1.807, 2.05) is 37.5 Å². The number of alkyl halides is 2. The Kier molecular flexibility index (Phi) is 6.38. The summed E-state index contributed by atoms with van der Waals surface area (Å²) in [4.78, 5) is 21.9. The lowest BCUT2D eigenvalue weighted by molar-refractivity contribution is -0.00617. The molecule has 4 rings (SSSR count). The highest BCUT2D eigenvalue weighted by Gasteiger charge is 2.29. The fourth-order valence-electron chi connectivity index (χ4n) is 4.29. The topological polar surface area (TPSA) is 103 Å². The average molecular weight is 450 g/mol. The van der Waals surface area contributed by atoms with Crippen LogP contribution in [0.15, 0.2) is 12.3 Å². The summed E-state index contributed by atoms with van der Waals surface area (Å²) in [7, 11) is 0. The van der Waals surface area contributed by atoms with E-state index in [0.29, 0.717) is 38.1 Å². The van der Waals surface area contributed by atoms with Gasteiger partial charge in [-0.15, -0.1) is 0 Å². The summed E-state index contributed by atoms with van der Waals surface area (Å²) in [6, 6.07) is 1.17. The quantitative estimate of drug-likeness (QED) is 0.755. The molecule has 0 aromatic carbocycles. The lowest BCUT2D eigenvalue weighted by Gasteiger charge is -2.37. The minimum atomic E-state index is -2.74. The number of hydrogen-bond acceptors (Lipinski definition) is 9. The van der Waals surface area contributed by atoms with E-state index in [2.05, 4.69) is 15.0 Å². The Balaban J connectivity index is 1.81. The monoisotopic (exact) mass is 449 g/mol. The molecule has 2 aliphatic rings. The normalized spacial score (nSPS) is 26.6. The van der Waals surface area contributed by atoms with Gasteiger partial charge in [0, 0.05) is 43.5 Å². The van der Waals surface area contributed by atoms with E-state index in [-0.39, 0.29) is 47.2 Å². The van der Waals surface area contributed by atoms with Gasteiger partial charge in [-0.2, -0.15) is 15.0 Å². The van der Waals surface area contributed by atoms with Crippen molar-refractivity contribution in [1.82, 2.24) is 19.9 Å². The highest BCUT2D eigenvalue weighted by atomic mass is 19.3. The van der Waals surface area contributed by atoms with E-state index in [1.54, 1.807) is 0 Å².